The summed E-state index contributed by atoms with van der Waals surface area (Å²) in [5.74, 6) is 3.36. The molecule has 0 saturated heterocycles. The van der Waals surface area contributed by atoms with Crippen molar-refractivity contribution in [1.29, 1.82) is 0 Å². The Balaban J connectivity index is 1.94. The second-order valence-electron chi connectivity index (χ2n) is 5.20. The van der Waals surface area contributed by atoms with E-state index < -0.39 is 0 Å². The van der Waals surface area contributed by atoms with Gasteiger partial charge in [0.15, 0.2) is 0 Å². The van der Waals surface area contributed by atoms with Crippen LogP contribution in [0.5, 0.6) is 0 Å². The Morgan fingerprint density at radius 3 is 2.77 bits per heavy atom. The third-order valence-electron chi connectivity index (χ3n) is 3.36. The van der Waals surface area contributed by atoms with Crippen LogP contribution in [0.3, 0.4) is 0 Å². The molecule has 0 aliphatic heterocycles. The summed E-state index contributed by atoms with van der Waals surface area (Å²) in [7, 11) is 1.65. The number of hydrogen-bond donors (Lipinski definition) is 0. The van der Waals surface area contributed by atoms with Gasteiger partial charge >= 0.3 is 130 Å². The van der Waals surface area contributed by atoms with Crippen LogP contribution in [0.25, 0.3) is 10.8 Å². The standard InChI is InChI=1S/C17H18BNO3/c1-12(2)16(20)19(3)8-9-22-17(21)14-5-4-13-6-7-18-11-15(13)10-14/h4-7,10-11H,1,8-9H2,2-3H3. The van der Waals surface area contributed by atoms with Crippen molar-refractivity contribution in [3.63, 3.8) is 0 Å². The molecule has 2 rings (SSSR count). The fraction of sp³-hybridized carbons (Fsp3) is 0.235. The summed E-state index contributed by atoms with van der Waals surface area (Å²) < 4.78 is 5.22. The number of carbonyl (C=O) groups excluding carboxylic acids is 2. The zero-order valence-electron chi connectivity index (χ0n) is 12.8. The Bertz CT molecular complexity index is 727. The van der Waals surface area contributed by atoms with Crippen LogP contribution in [0.2, 0.25) is 0 Å². The van der Waals surface area contributed by atoms with E-state index in [1.807, 2.05) is 31.0 Å². The number of nitrogens with zero attached hydrogens (tertiary/aromatic N) is 1. The third kappa shape index (κ3) is 3.82. The molecule has 5 heteroatoms. The first kappa shape index (κ1) is 16.0. The van der Waals surface area contributed by atoms with Crippen LogP contribution in [-0.4, -0.2) is 43.9 Å². The van der Waals surface area contributed by atoms with Crippen molar-refractivity contribution in [1.82, 2.24) is 4.90 Å². The molecule has 0 atom stereocenters. The molecular weight excluding hydrogens is 277 g/mol. The summed E-state index contributed by atoms with van der Waals surface area (Å²) in [6.45, 7) is 7.67. The van der Waals surface area contributed by atoms with E-state index in [-0.39, 0.29) is 18.5 Å². The Labute approximate surface area is 130 Å². The van der Waals surface area contributed by atoms with Gasteiger partial charge in [-0.3, -0.25) is 0 Å². The molecule has 0 fully saturated rings. The summed E-state index contributed by atoms with van der Waals surface area (Å²) in [5, 5.41) is 2.07. The number of fused-ring (bicyclic) bond motifs is 1. The molecule has 0 bridgehead atoms. The van der Waals surface area contributed by atoms with Gasteiger partial charge in [0.2, 0.25) is 0 Å². The monoisotopic (exact) mass is 295 g/mol. The number of likely N-dealkylation sites (N-methyl/N-ethyl adjacent to an activating group) is 1. The Hall–Kier alpha value is -2.43. The van der Waals surface area contributed by atoms with Gasteiger partial charge in [0.05, 0.1) is 0 Å². The second kappa shape index (κ2) is 7.03. The molecule has 0 aliphatic rings. The normalized spacial score (nSPS) is 10.1. The molecule has 1 amide bonds. The fourth-order valence-corrected chi connectivity index (χ4v) is 2.10. The molecule has 0 unspecified atom stereocenters. The van der Waals surface area contributed by atoms with Gasteiger partial charge in [-0.25, -0.2) is 0 Å². The number of rotatable bonds is 5. The van der Waals surface area contributed by atoms with E-state index in [1.165, 1.54) is 4.90 Å². The third-order valence-corrected chi connectivity index (χ3v) is 3.36. The maximum atomic E-state index is 12.0. The van der Waals surface area contributed by atoms with Gasteiger partial charge in [-0.2, -0.15) is 0 Å². The summed E-state index contributed by atoms with van der Waals surface area (Å²) in [5.41, 5.74) is 0.968. The summed E-state index contributed by atoms with van der Waals surface area (Å²) >= 11 is 0. The molecule has 1 aromatic carbocycles. The number of benzene rings is 1. The molecule has 0 N–H and O–H groups in total. The first-order chi connectivity index (χ1) is 10.5. The van der Waals surface area contributed by atoms with Crippen LogP contribution in [0.4, 0.5) is 0 Å². The minimum absolute atomic E-state index is 0.151. The van der Waals surface area contributed by atoms with E-state index in [0.29, 0.717) is 17.7 Å². The second-order valence-corrected chi connectivity index (χ2v) is 5.20. The minimum atomic E-state index is -0.387. The SMILES string of the molecule is C=C(C)C(=O)N(C)CCOC(=O)c1ccc2ccbcc2c1. The molecule has 2 aromatic rings. The molecule has 0 radical (unpaired) electrons. The number of amides is 1. The fourth-order valence-electron chi connectivity index (χ4n) is 2.10. The van der Waals surface area contributed by atoms with Gasteiger partial charge in [-0.15, -0.1) is 0 Å². The average molecular weight is 295 g/mol. The van der Waals surface area contributed by atoms with E-state index in [4.69, 9.17) is 4.74 Å². The Kier molecular flexibility index (Phi) is 5.10. The Morgan fingerprint density at radius 1 is 1.27 bits per heavy atom. The quantitative estimate of drug-likeness (QED) is 0.628. The van der Waals surface area contributed by atoms with Crippen LogP contribution in [0.1, 0.15) is 17.3 Å². The van der Waals surface area contributed by atoms with Gasteiger partial charge < -0.3 is 0 Å². The van der Waals surface area contributed by atoms with Gasteiger partial charge in [-0.05, 0) is 0 Å². The molecule has 0 aliphatic carbocycles. The zero-order valence-corrected chi connectivity index (χ0v) is 12.8. The topological polar surface area (TPSA) is 46.6 Å². The molecule has 0 saturated carbocycles. The van der Waals surface area contributed by atoms with E-state index >= 15 is 0 Å². The van der Waals surface area contributed by atoms with Crippen molar-refractivity contribution in [2.45, 2.75) is 6.92 Å². The molecule has 4 nitrogen and oxygen atoms in total. The molecular formula is C17H18BNO3. The van der Waals surface area contributed by atoms with E-state index in [2.05, 4.69) is 6.58 Å². The Morgan fingerprint density at radius 2 is 2.05 bits per heavy atom. The van der Waals surface area contributed by atoms with Crippen molar-refractivity contribution in [2.75, 3.05) is 20.2 Å². The summed E-state index contributed by atoms with van der Waals surface area (Å²) in [6.07, 6.45) is 0. The average Bonchev–Trinajstić information content (AvgIpc) is 2.53. The van der Waals surface area contributed by atoms with Crippen LogP contribution in [0, 0.1) is 0 Å². The molecule has 0 spiro atoms. The van der Waals surface area contributed by atoms with Crippen molar-refractivity contribution < 1.29 is 14.3 Å². The maximum absolute atomic E-state index is 12.0. The predicted octanol–water partition coefficient (Wildman–Crippen LogP) is 2.37. The number of carbonyl (C=O) groups is 2. The molecule has 1 aromatic heterocycles. The van der Waals surface area contributed by atoms with Gasteiger partial charge in [0.1, 0.15) is 0 Å². The van der Waals surface area contributed by atoms with Crippen molar-refractivity contribution in [2.24, 2.45) is 0 Å². The van der Waals surface area contributed by atoms with Crippen LogP contribution in [0.15, 0.2) is 48.3 Å². The van der Waals surface area contributed by atoms with Crippen LogP contribution in [-0.2, 0) is 9.53 Å². The van der Waals surface area contributed by atoms with Crippen LogP contribution < -0.4 is 0 Å². The van der Waals surface area contributed by atoms with E-state index in [1.54, 1.807) is 26.1 Å². The van der Waals surface area contributed by atoms with Crippen molar-refractivity contribution in [3.8, 4) is 0 Å². The van der Waals surface area contributed by atoms with Gasteiger partial charge in [-0.1, -0.05) is 0 Å². The molecule has 22 heavy (non-hydrogen) atoms. The van der Waals surface area contributed by atoms with Crippen LogP contribution >= 0.6 is 0 Å². The molecule has 112 valence electrons. The van der Waals surface area contributed by atoms with Gasteiger partial charge in [0, 0.05) is 0 Å². The zero-order chi connectivity index (χ0) is 16.1. The molecule has 1 heterocycles. The first-order valence-corrected chi connectivity index (χ1v) is 7.06. The summed E-state index contributed by atoms with van der Waals surface area (Å²) in [6, 6.07) is 7.43. The number of esters is 1. The van der Waals surface area contributed by atoms with Crippen molar-refractivity contribution in [3.05, 3.63) is 53.9 Å². The van der Waals surface area contributed by atoms with E-state index in [9.17, 15) is 9.59 Å². The predicted molar refractivity (Wildman–Crippen MR) is 88.0 cm³/mol. The number of ether oxygens (including phenoxy) is 1. The number of hydrogen-bond acceptors (Lipinski definition) is 3. The van der Waals surface area contributed by atoms with E-state index in [0.717, 1.165) is 10.8 Å². The van der Waals surface area contributed by atoms with Gasteiger partial charge in [0.25, 0.3) is 0 Å². The summed E-state index contributed by atoms with van der Waals surface area (Å²) in [4.78, 5) is 25.1. The van der Waals surface area contributed by atoms with Crippen molar-refractivity contribution >= 4 is 29.6 Å². The first-order valence-electron chi connectivity index (χ1n) is 7.06.